The Morgan fingerprint density at radius 1 is 1.53 bits per heavy atom. The van der Waals surface area contributed by atoms with Gasteiger partial charge < -0.3 is 30.5 Å². The number of nitrogens with one attached hydrogen (secondary N) is 1. The Bertz CT molecular complexity index is 251. The molecule has 0 saturated carbocycles. The van der Waals surface area contributed by atoms with Crippen LogP contribution in [0, 0.1) is 0 Å². The number of aliphatic hydroxyl groups excluding tert-OH is 4. The fourth-order valence-electron chi connectivity index (χ4n) is 1.47. The first-order valence-electron chi connectivity index (χ1n) is 4.93. The zero-order chi connectivity index (χ0) is 12.3. The van der Waals surface area contributed by atoms with E-state index >= 15 is 0 Å². The van der Waals surface area contributed by atoms with Crippen molar-refractivity contribution in [3.63, 3.8) is 0 Å². The average molecular weight is 223 g/mol. The van der Waals surface area contributed by atoms with Crippen molar-refractivity contribution < 1.29 is 30.0 Å². The van der Waals surface area contributed by atoms with Crippen LogP contribution in [-0.2, 0) is 9.53 Å². The largest absolute Gasteiger partial charge is 0.394 e. The Hall–Kier alpha value is -0.730. The first-order chi connectivity index (χ1) is 7.51. The van der Waals surface area contributed by atoms with E-state index in [1.54, 1.807) is 0 Å². The van der Waals surface area contributed by atoms with Crippen molar-refractivity contribution in [2.24, 2.45) is 0 Å². The third-order valence-electron chi connectivity index (χ3n) is 2.25. The van der Waals surface area contributed by atoms with E-state index < -0.39 is 43.2 Å². The van der Waals surface area contributed by atoms with Gasteiger partial charge >= 0.3 is 0 Å². The van der Waals surface area contributed by atoms with Crippen molar-refractivity contribution in [3.05, 3.63) is 0 Å². The van der Waals surface area contributed by atoms with Crippen LogP contribution in [0.4, 0.5) is 0 Å². The van der Waals surface area contributed by atoms with Crippen LogP contribution in [-0.4, -0.2) is 65.0 Å². The lowest BCUT2D eigenvalue weighted by molar-refractivity contribution is -0.253. The smallest absolute Gasteiger partial charge is 0.217 e. The maximum absolute atomic E-state index is 10.9. The fraction of sp³-hybridized carbons (Fsp3) is 0.875. The minimum absolute atomic E-state index is 0.454. The number of carbonyl (C=O) groups is 1. The van der Waals surface area contributed by atoms with Gasteiger partial charge in [0.2, 0.25) is 7.34 Å². The van der Waals surface area contributed by atoms with Crippen molar-refractivity contribution in [2.45, 2.75) is 37.6 Å². The van der Waals surface area contributed by atoms with Crippen molar-refractivity contribution in [1.82, 2.24) is 5.32 Å². The van der Waals surface area contributed by atoms with Crippen LogP contribution in [0.15, 0.2) is 0 Å². The maximum Gasteiger partial charge on any atom is 0.217 e. The van der Waals surface area contributed by atoms with Gasteiger partial charge in [-0.1, -0.05) is 0 Å². The summed E-state index contributed by atoms with van der Waals surface area (Å²) in [5.41, 5.74) is 0. The normalized spacial score (nSPS) is 42.1. The molecule has 1 aliphatic heterocycles. The summed E-state index contributed by atoms with van der Waals surface area (Å²) in [6, 6.07) is -1.05. The molecule has 2 unspecified atom stereocenters. The van der Waals surface area contributed by atoms with Gasteiger partial charge in [0.15, 0.2) is 6.29 Å². The second-order valence-electron chi connectivity index (χ2n) is 3.43. The highest BCUT2D eigenvalue weighted by Crippen LogP contribution is 2.19. The first kappa shape index (κ1) is 10.8. The lowest BCUT2D eigenvalue weighted by Gasteiger charge is -2.40. The summed E-state index contributed by atoms with van der Waals surface area (Å²) < 4.78 is 11.7. The molecule has 0 aliphatic carbocycles. The topological polar surface area (TPSA) is 119 Å². The van der Waals surface area contributed by atoms with E-state index in [1.807, 2.05) is 0 Å². The molecule has 0 aromatic rings. The van der Waals surface area contributed by atoms with Crippen LogP contribution < -0.4 is 5.32 Å². The molecule has 1 aliphatic rings. The molecular formula is C8H15NO6. The van der Waals surface area contributed by atoms with E-state index in [1.165, 1.54) is 6.92 Å². The van der Waals surface area contributed by atoms with E-state index in [2.05, 4.69) is 10.4 Å². The second-order valence-corrected chi connectivity index (χ2v) is 3.43. The summed E-state index contributed by atoms with van der Waals surface area (Å²) in [6.45, 7) is 0.698. The minimum Gasteiger partial charge on any atom is -0.394 e. The third-order valence-corrected chi connectivity index (χ3v) is 2.25. The third kappa shape index (κ3) is 2.64. The molecular weight excluding hydrogens is 206 g/mol. The van der Waals surface area contributed by atoms with Gasteiger partial charge in [-0.25, -0.2) is 0 Å². The lowest BCUT2D eigenvalue weighted by atomic mass is 9.97. The molecule has 0 aromatic heterocycles. The number of hydrogen-bond acceptors (Lipinski definition) is 6. The summed E-state index contributed by atoms with van der Waals surface area (Å²) >= 11 is 0. The van der Waals surface area contributed by atoms with Gasteiger partial charge in [-0.15, -0.1) is 0 Å². The van der Waals surface area contributed by atoms with Gasteiger partial charge in [0, 0.05) is 6.92 Å². The molecule has 1 rings (SSSR count). The highest BCUT2D eigenvalue weighted by atomic mass is 16.6. The Morgan fingerprint density at radius 2 is 2.20 bits per heavy atom. The molecule has 0 spiro atoms. The van der Waals surface area contributed by atoms with E-state index in [0.717, 1.165) is 0 Å². The fourth-order valence-corrected chi connectivity index (χ4v) is 1.47. The minimum atomic E-state index is -1.37. The molecule has 7 heteroatoms. The number of rotatable bonds is 3. The molecule has 0 aromatic carbocycles. The summed E-state index contributed by atoms with van der Waals surface area (Å²) in [6.07, 6.45) is -5.01. The summed E-state index contributed by atoms with van der Waals surface area (Å²) in [4.78, 5) is 10.9. The number of aliphatic hydroxyl groups is 4. The van der Waals surface area contributed by atoms with Crippen molar-refractivity contribution in [3.8, 4) is 0 Å². The lowest BCUT2D eigenvalue weighted by Crippen LogP contribution is -2.63. The monoisotopic (exact) mass is 223 g/mol. The highest BCUT2D eigenvalue weighted by molar-refractivity contribution is 5.73. The average Bonchev–Trinajstić information content (AvgIpc) is 2.25. The highest BCUT2D eigenvalue weighted by Gasteiger charge is 2.43. The second kappa shape index (κ2) is 4.86. The van der Waals surface area contributed by atoms with E-state index in [9.17, 15) is 15.0 Å². The van der Waals surface area contributed by atoms with Gasteiger partial charge in [-0.05, 0) is 0 Å². The predicted octanol–water partition coefficient (Wildman–Crippen LogP) is -3.08. The van der Waals surface area contributed by atoms with Crippen molar-refractivity contribution >= 4 is 5.91 Å². The quantitative estimate of drug-likeness (QED) is 0.346. The van der Waals surface area contributed by atoms with Crippen LogP contribution in [0.2, 0.25) is 0 Å². The molecule has 0 radical (unpaired) electrons. The molecule has 1 saturated heterocycles. The number of amides is 1. The van der Waals surface area contributed by atoms with E-state index in [4.69, 9.17) is 11.3 Å². The molecule has 88 valence electrons. The predicted molar refractivity (Wildman–Crippen MR) is 47.6 cm³/mol. The zero-order valence-corrected chi connectivity index (χ0v) is 8.16. The van der Waals surface area contributed by atoms with Crippen LogP contribution >= 0.6 is 0 Å². The summed E-state index contributed by atoms with van der Waals surface area (Å²) in [7, 11) is 0. The van der Waals surface area contributed by atoms with Gasteiger partial charge in [0.1, 0.15) is 24.4 Å². The summed E-state index contributed by atoms with van der Waals surface area (Å²) in [5, 5.41) is 34.6. The Kier molecular flexibility index (Phi) is 3.49. The van der Waals surface area contributed by atoms with Gasteiger partial charge in [0.05, 0.1) is 6.61 Å². The number of ether oxygens (including phenoxy) is 1. The van der Waals surface area contributed by atoms with Crippen molar-refractivity contribution in [1.29, 1.82) is 1.43 Å². The van der Waals surface area contributed by atoms with Gasteiger partial charge in [0.25, 0.3) is 0 Å². The Morgan fingerprint density at radius 3 is 2.67 bits per heavy atom. The van der Waals surface area contributed by atoms with Crippen LogP contribution in [0.1, 0.15) is 6.92 Å². The van der Waals surface area contributed by atoms with Crippen LogP contribution in [0.3, 0.4) is 0 Å². The number of carbonyl (C=O) groups excluding carboxylic acids is 1. The molecule has 0 bridgehead atoms. The van der Waals surface area contributed by atoms with Crippen LogP contribution in [0.5, 0.6) is 0 Å². The Balaban J connectivity index is 2.77. The van der Waals surface area contributed by atoms with E-state index in [0.29, 0.717) is 0 Å². The van der Waals surface area contributed by atoms with Crippen LogP contribution in [0.25, 0.3) is 0 Å². The Labute approximate surface area is 87.8 Å². The zero-order valence-electron chi connectivity index (χ0n) is 9.16. The molecule has 5 atom stereocenters. The molecule has 1 amide bonds. The first-order valence-corrected chi connectivity index (χ1v) is 4.52. The summed E-state index contributed by atoms with van der Waals surface area (Å²) in [5.74, 6) is -0.454. The standard InChI is InChI=1S/C8H15NO6/c1-3(11)9-5-7(13)6(12)4(2-10)15-8(5)14/h4-8,10,12-14H,2H2,1H3,(H,9,11)/t4?,5-,6+,7?,8-/m1/s1/i14T. The molecule has 15 heavy (non-hydrogen) atoms. The van der Waals surface area contributed by atoms with Crippen molar-refractivity contribution in [2.75, 3.05) is 6.61 Å². The SMILES string of the molecule is [3H]O[C@@H]1OC(CO)[C@H](O)C(O)[C@H]1NC(C)=O. The molecule has 1 heterocycles. The number of hydrogen-bond donors (Lipinski definition) is 5. The maximum atomic E-state index is 10.9. The molecule has 7 nitrogen and oxygen atoms in total. The molecule has 5 N–H and O–H groups in total. The van der Waals surface area contributed by atoms with Gasteiger partial charge in [-0.3, -0.25) is 4.79 Å². The van der Waals surface area contributed by atoms with Gasteiger partial charge in [-0.2, -0.15) is 0 Å². The molecule has 1 fully saturated rings. The van der Waals surface area contributed by atoms with E-state index in [-0.39, 0.29) is 0 Å².